The van der Waals surface area contributed by atoms with Gasteiger partial charge in [0.1, 0.15) is 5.75 Å². The van der Waals surface area contributed by atoms with Crippen LogP contribution in [0.3, 0.4) is 0 Å². The van der Waals surface area contributed by atoms with E-state index in [1.54, 1.807) is 17.0 Å². The summed E-state index contributed by atoms with van der Waals surface area (Å²) in [5, 5.41) is 12.1. The molecule has 0 aliphatic heterocycles. The molecule has 2 aromatic carbocycles. The molecule has 8 heteroatoms. The highest BCUT2D eigenvalue weighted by molar-refractivity contribution is 6.29. The van der Waals surface area contributed by atoms with Crippen LogP contribution in [-0.4, -0.2) is 36.7 Å². The third-order valence-electron chi connectivity index (χ3n) is 7.80. The molecule has 0 aliphatic carbocycles. The molecule has 0 saturated carbocycles. The Morgan fingerprint density at radius 3 is 2.20 bits per heavy atom. The number of nitrogens with one attached hydrogen (secondary N) is 1. The average Bonchev–Trinajstić information content (AvgIpc) is 3.06. The number of amides is 1. The Labute approximate surface area is 272 Å². The molecule has 240 valence electrons. The van der Waals surface area contributed by atoms with Crippen LogP contribution in [0.2, 0.25) is 0 Å². The first-order valence-electron chi connectivity index (χ1n) is 16.2. The zero-order valence-electron chi connectivity index (χ0n) is 27.2. The number of rotatable bonds is 17. The quantitative estimate of drug-likeness (QED) is 0.0811. The Bertz CT molecular complexity index is 1580. The van der Waals surface area contributed by atoms with Gasteiger partial charge in [-0.3, -0.25) is 4.79 Å². The lowest BCUT2D eigenvalue weighted by atomic mass is 10.0. The minimum Gasteiger partial charge on any atom is -0.493 e. The van der Waals surface area contributed by atoms with Gasteiger partial charge in [-0.15, -0.1) is 0 Å². The highest BCUT2D eigenvalue weighted by Gasteiger charge is 2.17. The van der Waals surface area contributed by atoms with E-state index in [1.165, 1.54) is 12.8 Å². The molecule has 4 aromatic rings. The van der Waals surface area contributed by atoms with E-state index >= 15 is 0 Å². The number of hydrogen-bond donors (Lipinski definition) is 2. The smallest absolute Gasteiger partial charge is 0.370 e. The fraction of sp³-hybridized carbons (Fsp3) is 0.316. The molecule has 0 unspecified atom stereocenters. The summed E-state index contributed by atoms with van der Waals surface area (Å²) in [6.45, 7) is 9.41. The van der Waals surface area contributed by atoms with E-state index in [2.05, 4.69) is 43.1 Å². The van der Waals surface area contributed by atoms with E-state index in [9.17, 15) is 9.59 Å². The molecule has 4 rings (SSSR count). The molecule has 2 aromatic heterocycles. The monoisotopic (exact) mass is 622 g/mol. The van der Waals surface area contributed by atoms with Crippen molar-refractivity contribution in [1.29, 1.82) is 0 Å². The predicted octanol–water partition coefficient (Wildman–Crippen LogP) is 6.38. The first-order chi connectivity index (χ1) is 22.4. The molecule has 46 heavy (non-hydrogen) atoms. The van der Waals surface area contributed by atoms with Crippen molar-refractivity contribution in [2.24, 2.45) is 0 Å². The maximum absolute atomic E-state index is 13.8. The third-order valence-corrected chi connectivity index (χ3v) is 7.80. The summed E-state index contributed by atoms with van der Waals surface area (Å²) in [4.78, 5) is 27.1. The minimum absolute atomic E-state index is 0.0773. The second-order valence-corrected chi connectivity index (χ2v) is 11.2. The number of carbonyl (C=O) groups excluding carboxylic acids is 1. The predicted molar refractivity (Wildman–Crippen MR) is 183 cm³/mol. The summed E-state index contributed by atoms with van der Waals surface area (Å²) in [5.74, 6) is -0.328. The van der Waals surface area contributed by atoms with E-state index in [4.69, 9.17) is 9.84 Å². The number of anilines is 2. The first-order valence-corrected chi connectivity index (χ1v) is 16.2. The summed E-state index contributed by atoms with van der Waals surface area (Å²) in [6.07, 6.45) is 13.8. The number of para-hydroxylation sites is 1. The van der Waals surface area contributed by atoms with E-state index < -0.39 is 5.97 Å². The number of nitrogens with zero attached hydrogens (tertiary/aromatic N) is 3. The molecule has 0 fully saturated rings. The van der Waals surface area contributed by atoms with Crippen LogP contribution in [0.5, 0.6) is 5.75 Å². The fourth-order valence-electron chi connectivity index (χ4n) is 5.23. The highest BCUT2D eigenvalue weighted by atomic mass is 16.5. The number of aliphatic carboxylic acids is 1. The minimum atomic E-state index is -0.881. The Hall–Kier alpha value is -4.98. The molecule has 2 heterocycles. The normalized spacial score (nSPS) is 11.2. The highest BCUT2D eigenvalue weighted by Crippen LogP contribution is 2.30. The van der Waals surface area contributed by atoms with Crippen LogP contribution in [0, 0.1) is 0 Å². The van der Waals surface area contributed by atoms with Gasteiger partial charge in [0, 0.05) is 71.5 Å². The van der Waals surface area contributed by atoms with Gasteiger partial charge in [-0.05, 0) is 56.2 Å². The Morgan fingerprint density at radius 1 is 0.848 bits per heavy atom. The van der Waals surface area contributed by atoms with Gasteiger partial charge in [0.25, 0.3) is 5.91 Å². The zero-order chi connectivity index (χ0) is 32.7. The molecule has 0 radical (unpaired) electrons. The first kappa shape index (κ1) is 33.9. The molecule has 0 saturated heterocycles. The molecule has 8 nitrogen and oxygen atoms in total. The molecule has 0 bridgehead atoms. The van der Waals surface area contributed by atoms with Crippen molar-refractivity contribution in [3.63, 3.8) is 0 Å². The largest absolute Gasteiger partial charge is 0.493 e. The summed E-state index contributed by atoms with van der Waals surface area (Å²) in [5.41, 5.74) is 5.00. The van der Waals surface area contributed by atoms with Crippen molar-refractivity contribution >= 4 is 34.9 Å². The van der Waals surface area contributed by atoms with E-state index in [1.807, 2.05) is 83.7 Å². The molecular weight excluding hydrogens is 576 g/mol. The lowest BCUT2D eigenvalue weighted by Gasteiger charge is -2.22. The van der Waals surface area contributed by atoms with Crippen molar-refractivity contribution in [1.82, 2.24) is 0 Å². The number of benzene rings is 2. The van der Waals surface area contributed by atoms with Crippen LogP contribution in [-0.2, 0) is 22.7 Å². The Balaban J connectivity index is 1.66. The third kappa shape index (κ3) is 10.0. The number of carbonyl (C=O) groups is 2. The standard InChI is InChI=1S/C38H44N4O4/c1-4-7-8-12-25-46-36-27-34(42(5-2)6-3)16-15-32(36)26-35(38(45)39-33-13-10-9-11-14-33)31-19-23-40(24-20-31)28-30-17-21-41(22-18-30)29-37(43)44/h9-11,13-24,26-27H,4-8,12,25,28-29H2,1-3H3/p+2. The summed E-state index contributed by atoms with van der Waals surface area (Å²) in [7, 11) is 0. The lowest BCUT2D eigenvalue weighted by molar-refractivity contribution is -0.692. The number of aromatic nitrogens is 2. The van der Waals surface area contributed by atoms with Crippen LogP contribution < -0.4 is 24.1 Å². The Morgan fingerprint density at radius 2 is 1.54 bits per heavy atom. The molecule has 0 spiro atoms. The van der Waals surface area contributed by atoms with Crippen molar-refractivity contribution in [2.75, 3.05) is 29.9 Å². The molecule has 0 atom stereocenters. The molecular formula is C38H46N4O4+2. The number of carboxylic acids is 1. The van der Waals surface area contributed by atoms with Crippen molar-refractivity contribution in [3.05, 3.63) is 114 Å². The second-order valence-electron chi connectivity index (χ2n) is 11.2. The molecule has 1 amide bonds. The van der Waals surface area contributed by atoms with Crippen LogP contribution in [0.15, 0.2) is 97.6 Å². The summed E-state index contributed by atoms with van der Waals surface area (Å²) in [6, 6.07) is 23.4. The van der Waals surface area contributed by atoms with Gasteiger partial charge in [0.15, 0.2) is 31.3 Å². The van der Waals surface area contributed by atoms with E-state index in [0.29, 0.717) is 18.7 Å². The maximum atomic E-state index is 13.8. The summed E-state index contributed by atoms with van der Waals surface area (Å²) >= 11 is 0. The number of hydrogen-bond acceptors (Lipinski definition) is 4. The van der Waals surface area contributed by atoms with Crippen molar-refractivity contribution < 1.29 is 28.6 Å². The molecule has 0 aliphatic rings. The fourth-order valence-corrected chi connectivity index (χ4v) is 5.23. The summed E-state index contributed by atoms with van der Waals surface area (Å²) < 4.78 is 10.0. The van der Waals surface area contributed by atoms with Gasteiger partial charge in [-0.1, -0.05) is 44.4 Å². The number of unbranched alkanes of at least 4 members (excludes halogenated alkanes) is 3. The van der Waals surface area contributed by atoms with Gasteiger partial charge in [-0.2, -0.15) is 4.57 Å². The van der Waals surface area contributed by atoms with Crippen molar-refractivity contribution in [3.8, 4) is 5.75 Å². The topological polar surface area (TPSA) is 86.6 Å². The van der Waals surface area contributed by atoms with Gasteiger partial charge in [-0.25, -0.2) is 9.36 Å². The number of ether oxygens (including phenoxy) is 1. The van der Waals surface area contributed by atoms with Crippen LogP contribution in [0.4, 0.5) is 11.4 Å². The van der Waals surface area contributed by atoms with E-state index in [-0.39, 0.29) is 12.5 Å². The van der Waals surface area contributed by atoms with Crippen LogP contribution in [0.1, 0.15) is 63.1 Å². The number of pyridine rings is 2. The zero-order valence-corrected chi connectivity index (χ0v) is 27.2. The van der Waals surface area contributed by atoms with Crippen LogP contribution >= 0.6 is 0 Å². The number of carboxylic acid groups (broad SMARTS) is 1. The van der Waals surface area contributed by atoms with Gasteiger partial charge >= 0.3 is 5.97 Å². The SMILES string of the molecule is CCCCCCOc1cc(N(CC)CC)ccc1/C=C(\C(=O)Nc1ccccc1)c1cc[n+](Cc2cc[n+](CC(=O)O)cc2)cc1. The Kier molecular flexibility index (Phi) is 12.9. The second kappa shape index (κ2) is 17.5. The van der Waals surface area contributed by atoms with Crippen molar-refractivity contribution in [2.45, 2.75) is 59.5 Å². The van der Waals surface area contributed by atoms with Gasteiger partial charge in [0.2, 0.25) is 6.54 Å². The van der Waals surface area contributed by atoms with Crippen LogP contribution in [0.25, 0.3) is 11.6 Å². The van der Waals surface area contributed by atoms with E-state index in [0.717, 1.165) is 59.7 Å². The average molecular weight is 623 g/mol. The van der Waals surface area contributed by atoms with Gasteiger partial charge in [0.05, 0.1) is 6.61 Å². The lowest BCUT2D eigenvalue weighted by Crippen LogP contribution is -2.38. The maximum Gasteiger partial charge on any atom is 0.370 e. The van der Waals surface area contributed by atoms with Gasteiger partial charge < -0.3 is 20.1 Å². The molecule has 2 N–H and O–H groups in total.